The van der Waals surface area contributed by atoms with Gasteiger partial charge in [0.25, 0.3) is 0 Å². The van der Waals surface area contributed by atoms with Crippen LogP contribution < -0.4 is 14.4 Å². The number of hydrogen-bond acceptors (Lipinski definition) is 5. The summed E-state index contributed by atoms with van der Waals surface area (Å²) in [5.41, 5.74) is 16.7. The molecule has 0 saturated heterocycles. The molecular formula is C62H37N3O2. The van der Waals surface area contributed by atoms with Crippen LogP contribution in [0.2, 0.25) is 0 Å². The molecule has 0 amide bonds. The van der Waals surface area contributed by atoms with Crippen molar-refractivity contribution >= 4 is 17.1 Å². The van der Waals surface area contributed by atoms with E-state index in [0.29, 0.717) is 5.56 Å². The molecule has 4 aliphatic rings. The van der Waals surface area contributed by atoms with Crippen LogP contribution in [0, 0.1) is 11.3 Å². The van der Waals surface area contributed by atoms with Crippen LogP contribution in [0.25, 0.3) is 33.4 Å². The Hall–Kier alpha value is -8.98. The molecule has 4 heterocycles. The number of nitrogens with zero attached hydrogens (tertiary/aromatic N) is 3. The van der Waals surface area contributed by atoms with Crippen molar-refractivity contribution in [2.24, 2.45) is 0 Å². The minimum atomic E-state index is -0.773. The molecule has 0 N–H and O–H groups in total. The Morgan fingerprint density at radius 3 is 1.46 bits per heavy atom. The predicted octanol–water partition coefficient (Wildman–Crippen LogP) is 15.0. The number of rotatable bonds is 3. The zero-order chi connectivity index (χ0) is 44.3. The second-order valence-corrected chi connectivity index (χ2v) is 17.6. The van der Waals surface area contributed by atoms with Crippen LogP contribution in [0.15, 0.2) is 225 Å². The molecule has 312 valence electrons. The summed E-state index contributed by atoms with van der Waals surface area (Å²) >= 11 is 0. The number of hydrogen-bond donors (Lipinski definition) is 0. The Balaban J connectivity index is 1.08. The number of para-hydroxylation sites is 6. The van der Waals surface area contributed by atoms with Gasteiger partial charge in [-0.25, -0.2) is 0 Å². The SMILES string of the molecule is N#Cc1c(-c2cccnc2)cccc1-c1cccc2c1Oc1c(N3c4ccccc4C4(c5ccccc5Oc5ccccc54)c4ccccc43)cccc1C21c2ccccc2-c2ccccc21. The van der Waals surface area contributed by atoms with Crippen molar-refractivity contribution in [2.45, 2.75) is 10.8 Å². The zero-order valence-electron chi connectivity index (χ0n) is 36.0. The Morgan fingerprint density at radius 2 is 0.836 bits per heavy atom. The van der Waals surface area contributed by atoms with Crippen LogP contribution in [0.4, 0.5) is 17.1 Å². The molecule has 0 fully saturated rings. The van der Waals surface area contributed by atoms with E-state index in [9.17, 15) is 5.26 Å². The van der Waals surface area contributed by atoms with Gasteiger partial charge in [0.05, 0.1) is 33.5 Å². The van der Waals surface area contributed by atoms with Crippen LogP contribution >= 0.6 is 0 Å². The first-order chi connectivity index (χ1) is 33.2. The third-order valence-electron chi connectivity index (χ3n) is 14.6. The fourth-order valence-electron chi connectivity index (χ4n) is 12.1. The van der Waals surface area contributed by atoms with Crippen molar-refractivity contribution in [1.29, 1.82) is 5.26 Å². The third kappa shape index (κ3) is 4.83. The van der Waals surface area contributed by atoms with E-state index in [0.717, 1.165) is 95.7 Å². The molecule has 5 nitrogen and oxygen atoms in total. The standard InChI is InChI=1S/C62H37N3O2/c63-37-45-40(39-17-16-36-64-38-39)20-13-21-41(45)44-22-14-29-52-59(44)67-60-53(61(52)46-23-3-1-18-42(46)43-19-2-4-24-47(43)61)30-15-33-56(60)65-54-31-9-5-25-48(54)62(49-26-6-10-32-55(49)65)50-27-7-11-34-57(50)66-58-35-12-8-28-51(58)62/h1-36,38H. The van der Waals surface area contributed by atoms with Crippen LogP contribution in [0.1, 0.15) is 50.1 Å². The van der Waals surface area contributed by atoms with Crippen molar-refractivity contribution in [2.75, 3.05) is 4.90 Å². The van der Waals surface area contributed by atoms with E-state index in [2.05, 4.69) is 198 Å². The average Bonchev–Trinajstić information content (AvgIpc) is 3.69. The van der Waals surface area contributed by atoms with Gasteiger partial charge in [0.1, 0.15) is 23.3 Å². The van der Waals surface area contributed by atoms with E-state index < -0.39 is 10.8 Å². The van der Waals surface area contributed by atoms with E-state index in [-0.39, 0.29) is 0 Å². The van der Waals surface area contributed by atoms with Crippen LogP contribution in [0.3, 0.4) is 0 Å². The molecule has 2 spiro atoms. The predicted molar refractivity (Wildman–Crippen MR) is 264 cm³/mol. The van der Waals surface area contributed by atoms with E-state index in [1.54, 1.807) is 6.20 Å². The van der Waals surface area contributed by atoms with Gasteiger partial charge < -0.3 is 14.4 Å². The lowest BCUT2D eigenvalue weighted by Crippen LogP contribution is -2.40. The topological polar surface area (TPSA) is 58.4 Å². The van der Waals surface area contributed by atoms with E-state index in [1.165, 1.54) is 22.3 Å². The third-order valence-corrected chi connectivity index (χ3v) is 14.6. The molecular weight excluding hydrogens is 819 g/mol. The summed E-state index contributed by atoms with van der Waals surface area (Å²) in [4.78, 5) is 6.83. The van der Waals surface area contributed by atoms with Crippen molar-refractivity contribution < 1.29 is 9.47 Å². The molecule has 3 aliphatic heterocycles. The number of pyridine rings is 1. The Kier molecular flexibility index (Phi) is 7.82. The highest BCUT2D eigenvalue weighted by Crippen LogP contribution is 2.68. The van der Waals surface area contributed by atoms with Gasteiger partial charge in [-0.05, 0) is 69.8 Å². The summed E-state index contributed by atoms with van der Waals surface area (Å²) in [6.45, 7) is 0. The molecule has 9 aromatic carbocycles. The van der Waals surface area contributed by atoms with E-state index >= 15 is 0 Å². The summed E-state index contributed by atoms with van der Waals surface area (Å²) in [6.07, 6.45) is 3.57. The van der Waals surface area contributed by atoms with Gasteiger partial charge >= 0.3 is 0 Å². The molecule has 0 saturated carbocycles. The average molecular weight is 856 g/mol. The maximum Gasteiger partial charge on any atom is 0.156 e. The van der Waals surface area contributed by atoms with Crippen molar-refractivity contribution in [1.82, 2.24) is 4.98 Å². The van der Waals surface area contributed by atoms with Crippen molar-refractivity contribution in [3.05, 3.63) is 275 Å². The quantitative estimate of drug-likeness (QED) is 0.177. The van der Waals surface area contributed by atoms with Crippen molar-refractivity contribution in [3.63, 3.8) is 0 Å². The van der Waals surface area contributed by atoms with Gasteiger partial charge in [0, 0.05) is 56.9 Å². The number of fused-ring (bicyclic) bond motifs is 17. The van der Waals surface area contributed by atoms with Gasteiger partial charge in [-0.15, -0.1) is 0 Å². The van der Waals surface area contributed by atoms with Crippen LogP contribution in [0.5, 0.6) is 23.0 Å². The maximum atomic E-state index is 11.1. The molecule has 0 radical (unpaired) electrons. The summed E-state index contributed by atoms with van der Waals surface area (Å²) in [6, 6.07) is 77.9. The minimum Gasteiger partial charge on any atom is -0.457 e. The normalized spacial score (nSPS) is 14.4. The Bertz CT molecular complexity index is 3610. The highest BCUT2D eigenvalue weighted by Gasteiger charge is 2.54. The second kappa shape index (κ2) is 14.0. The maximum absolute atomic E-state index is 11.1. The fraction of sp³-hybridized carbons (Fsp3) is 0.0323. The number of aromatic nitrogens is 1. The number of ether oxygens (including phenoxy) is 2. The van der Waals surface area contributed by atoms with E-state index in [4.69, 9.17) is 9.47 Å². The van der Waals surface area contributed by atoms with Gasteiger partial charge in [0.2, 0.25) is 0 Å². The van der Waals surface area contributed by atoms with Crippen LogP contribution in [-0.4, -0.2) is 4.98 Å². The van der Waals surface area contributed by atoms with E-state index in [1.807, 2.05) is 36.5 Å². The lowest BCUT2D eigenvalue weighted by Gasteiger charge is -2.49. The second-order valence-electron chi connectivity index (χ2n) is 17.6. The molecule has 1 aromatic heterocycles. The highest BCUT2D eigenvalue weighted by molar-refractivity contribution is 5.97. The largest absolute Gasteiger partial charge is 0.457 e. The first-order valence-corrected chi connectivity index (χ1v) is 22.7. The number of anilines is 3. The lowest BCUT2D eigenvalue weighted by molar-refractivity contribution is 0.433. The first-order valence-electron chi connectivity index (χ1n) is 22.7. The molecule has 5 heteroatoms. The smallest absolute Gasteiger partial charge is 0.156 e. The molecule has 1 aliphatic carbocycles. The minimum absolute atomic E-state index is 0.564. The fourth-order valence-corrected chi connectivity index (χ4v) is 12.1. The molecule has 14 rings (SSSR count). The van der Waals surface area contributed by atoms with Crippen LogP contribution in [-0.2, 0) is 10.8 Å². The number of nitriles is 1. The summed E-state index contributed by atoms with van der Waals surface area (Å²) in [7, 11) is 0. The molecule has 0 atom stereocenters. The van der Waals surface area contributed by atoms with Crippen molar-refractivity contribution in [3.8, 4) is 62.4 Å². The Morgan fingerprint density at radius 1 is 0.373 bits per heavy atom. The molecule has 0 unspecified atom stereocenters. The lowest BCUT2D eigenvalue weighted by atomic mass is 9.61. The Labute approximate surface area is 388 Å². The first kappa shape index (κ1) is 37.4. The van der Waals surface area contributed by atoms with Gasteiger partial charge in [0.15, 0.2) is 5.75 Å². The van der Waals surface area contributed by atoms with Gasteiger partial charge in [-0.3, -0.25) is 4.98 Å². The monoisotopic (exact) mass is 855 g/mol. The van der Waals surface area contributed by atoms with Gasteiger partial charge in [-0.1, -0.05) is 176 Å². The highest BCUT2D eigenvalue weighted by atomic mass is 16.5. The summed E-state index contributed by atoms with van der Waals surface area (Å²) in [5.74, 6) is 3.16. The molecule has 67 heavy (non-hydrogen) atoms. The summed E-state index contributed by atoms with van der Waals surface area (Å²) in [5, 5.41) is 11.1. The number of benzene rings is 9. The summed E-state index contributed by atoms with van der Waals surface area (Å²) < 4.78 is 14.4. The zero-order valence-corrected chi connectivity index (χ0v) is 36.0. The molecule has 10 aromatic rings. The molecule has 0 bridgehead atoms. The van der Waals surface area contributed by atoms with Gasteiger partial charge in [-0.2, -0.15) is 5.26 Å².